The molecule has 0 saturated carbocycles. The molecule has 0 atom stereocenters. The molecule has 0 bridgehead atoms. The van der Waals surface area contributed by atoms with Crippen LogP contribution < -0.4 is 0 Å². The molecular formula is C23H34N4O3S. The third-order valence-corrected chi connectivity index (χ3v) is 7.12. The topological polar surface area (TPSA) is 64.2 Å². The fourth-order valence-corrected chi connectivity index (χ4v) is 5.06. The zero-order chi connectivity index (χ0) is 22.2. The molecule has 2 saturated heterocycles. The van der Waals surface area contributed by atoms with E-state index >= 15 is 0 Å². The largest absolute Gasteiger partial charge is 0.342 e. The summed E-state index contributed by atoms with van der Waals surface area (Å²) < 4.78 is 0. The molecule has 0 spiro atoms. The lowest BCUT2D eigenvalue weighted by Gasteiger charge is -2.35. The number of carbonyl (C=O) groups excluding carboxylic acids is 3. The first kappa shape index (κ1) is 23.6. The minimum atomic E-state index is 0.00596. The number of carbonyl (C=O) groups is 3. The number of nitrogens with zero attached hydrogens (tertiary/aromatic N) is 4. The second-order valence-electron chi connectivity index (χ2n) is 8.01. The van der Waals surface area contributed by atoms with Gasteiger partial charge in [0.2, 0.25) is 11.8 Å². The van der Waals surface area contributed by atoms with Crippen LogP contribution in [0.5, 0.6) is 0 Å². The molecule has 1 aromatic carbocycles. The Labute approximate surface area is 189 Å². The van der Waals surface area contributed by atoms with Gasteiger partial charge in [0, 0.05) is 57.3 Å². The molecular weight excluding hydrogens is 412 g/mol. The Balaban J connectivity index is 1.54. The number of likely N-dealkylation sites (N-methyl/N-ethyl adjacent to an activating group) is 1. The Morgan fingerprint density at radius 2 is 1.55 bits per heavy atom. The van der Waals surface area contributed by atoms with E-state index in [4.69, 9.17) is 0 Å². The molecule has 1 aromatic rings. The van der Waals surface area contributed by atoms with Crippen LogP contribution in [-0.2, 0) is 9.59 Å². The van der Waals surface area contributed by atoms with Crippen LogP contribution in [-0.4, -0.2) is 102 Å². The maximum absolute atomic E-state index is 13.2. The van der Waals surface area contributed by atoms with E-state index < -0.39 is 0 Å². The molecule has 2 aliphatic heterocycles. The standard InChI is InChI=1S/C23H34N4O3S/c1-3-25(4-2)21(28)17-24-13-15-27(16-14-24)23(30)19-9-5-6-10-20(19)31-18-22(29)26-11-7-8-12-26/h5-6,9-10H,3-4,7-8,11-18H2,1-2H3. The average molecular weight is 447 g/mol. The van der Waals surface area contributed by atoms with Crippen LogP contribution in [0.4, 0.5) is 0 Å². The summed E-state index contributed by atoms with van der Waals surface area (Å²) in [7, 11) is 0. The van der Waals surface area contributed by atoms with Gasteiger partial charge in [-0.05, 0) is 38.8 Å². The van der Waals surface area contributed by atoms with Gasteiger partial charge in [-0.2, -0.15) is 0 Å². The van der Waals surface area contributed by atoms with E-state index in [1.165, 1.54) is 11.8 Å². The number of hydrogen-bond acceptors (Lipinski definition) is 5. The van der Waals surface area contributed by atoms with Gasteiger partial charge in [0.25, 0.3) is 5.91 Å². The lowest BCUT2D eigenvalue weighted by atomic mass is 10.2. The Morgan fingerprint density at radius 3 is 2.19 bits per heavy atom. The van der Waals surface area contributed by atoms with E-state index in [0.29, 0.717) is 44.0 Å². The Kier molecular flexibility index (Phi) is 8.78. The first-order valence-corrected chi connectivity index (χ1v) is 12.3. The SMILES string of the molecule is CCN(CC)C(=O)CN1CCN(C(=O)c2ccccc2SCC(=O)N2CCCC2)CC1. The van der Waals surface area contributed by atoms with Crippen LogP contribution >= 0.6 is 11.8 Å². The molecule has 2 aliphatic rings. The van der Waals surface area contributed by atoms with E-state index in [0.717, 1.165) is 43.9 Å². The van der Waals surface area contributed by atoms with Crippen LogP contribution in [0.15, 0.2) is 29.2 Å². The first-order valence-electron chi connectivity index (χ1n) is 11.3. The van der Waals surface area contributed by atoms with Crippen LogP contribution in [0, 0.1) is 0 Å². The molecule has 0 aromatic heterocycles. The van der Waals surface area contributed by atoms with Crippen LogP contribution in [0.2, 0.25) is 0 Å². The van der Waals surface area contributed by atoms with Gasteiger partial charge in [-0.15, -0.1) is 11.8 Å². The molecule has 31 heavy (non-hydrogen) atoms. The molecule has 3 rings (SSSR count). The summed E-state index contributed by atoms with van der Waals surface area (Å²) in [5.74, 6) is 0.669. The number of amides is 3. The fraction of sp³-hybridized carbons (Fsp3) is 0.609. The van der Waals surface area contributed by atoms with Gasteiger partial charge in [-0.3, -0.25) is 19.3 Å². The third kappa shape index (κ3) is 6.23. The highest BCUT2D eigenvalue weighted by Gasteiger charge is 2.26. The third-order valence-electron chi connectivity index (χ3n) is 6.06. The van der Waals surface area contributed by atoms with Crippen molar-refractivity contribution in [1.82, 2.24) is 19.6 Å². The summed E-state index contributed by atoms with van der Waals surface area (Å²) >= 11 is 1.45. The summed E-state index contributed by atoms with van der Waals surface area (Å²) in [5.41, 5.74) is 0.661. The van der Waals surface area contributed by atoms with Gasteiger partial charge >= 0.3 is 0 Å². The molecule has 2 heterocycles. The minimum Gasteiger partial charge on any atom is -0.342 e. The lowest BCUT2D eigenvalue weighted by molar-refractivity contribution is -0.132. The number of thioether (sulfide) groups is 1. The zero-order valence-corrected chi connectivity index (χ0v) is 19.5. The Bertz CT molecular complexity index is 770. The summed E-state index contributed by atoms with van der Waals surface area (Å²) in [6, 6.07) is 7.56. The molecule has 0 unspecified atom stereocenters. The number of benzene rings is 1. The van der Waals surface area contributed by atoms with E-state index in [1.807, 2.05) is 52.8 Å². The van der Waals surface area contributed by atoms with Crippen molar-refractivity contribution in [3.8, 4) is 0 Å². The minimum absolute atomic E-state index is 0.00596. The first-order chi connectivity index (χ1) is 15.0. The van der Waals surface area contributed by atoms with Crippen LogP contribution in [0.3, 0.4) is 0 Å². The van der Waals surface area contributed by atoms with Gasteiger partial charge in [-0.25, -0.2) is 0 Å². The highest BCUT2D eigenvalue weighted by Crippen LogP contribution is 2.25. The van der Waals surface area contributed by atoms with Crippen molar-refractivity contribution in [2.75, 3.05) is 64.7 Å². The Morgan fingerprint density at radius 1 is 0.903 bits per heavy atom. The summed E-state index contributed by atoms with van der Waals surface area (Å²) in [5, 5.41) is 0. The van der Waals surface area contributed by atoms with E-state index in [-0.39, 0.29) is 17.7 Å². The van der Waals surface area contributed by atoms with Crippen molar-refractivity contribution >= 4 is 29.5 Å². The number of hydrogen-bond donors (Lipinski definition) is 0. The van der Waals surface area contributed by atoms with Crippen molar-refractivity contribution in [2.45, 2.75) is 31.6 Å². The molecule has 0 radical (unpaired) electrons. The van der Waals surface area contributed by atoms with Gasteiger partial charge in [-0.1, -0.05) is 12.1 Å². The predicted octanol–water partition coefficient (Wildman–Crippen LogP) is 2.03. The number of piperazine rings is 1. The van der Waals surface area contributed by atoms with Gasteiger partial charge in [0.15, 0.2) is 0 Å². The van der Waals surface area contributed by atoms with E-state index in [2.05, 4.69) is 4.90 Å². The normalized spacial score (nSPS) is 17.1. The zero-order valence-electron chi connectivity index (χ0n) is 18.7. The average Bonchev–Trinajstić information content (AvgIpc) is 3.34. The quantitative estimate of drug-likeness (QED) is 0.572. The van der Waals surface area contributed by atoms with Crippen molar-refractivity contribution in [3.63, 3.8) is 0 Å². The van der Waals surface area contributed by atoms with Gasteiger partial charge in [0.1, 0.15) is 0 Å². The molecule has 3 amide bonds. The number of likely N-dealkylation sites (tertiary alicyclic amines) is 1. The highest BCUT2D eigenvalue weighted by molar-refractivity contribution is 8.00. The summed E-state index contributed by atoms with van der Waals surface area (Å²) in [6.45, 7) is 10.1. The van der Waals surface area contributed by atoms with Gasteiger partial charge < -0.3 is 14.7 Å². The maximum Gasteiger partial charge on any atom is 0.255 e. The monoisotopic (exact) mass is 446 g/mol. The second kappa shape index (κ2) is 11.5. The molecule has 170 valence electrons. The Hall–Kier alpha value is -2.06. The fourth-order valence-electron chi connectivity index (χ4n) is 4.11. The highest BCUT2D eigenvalue weighted by atomic mass is 32.2. The molecule has 0 N–H and O–H groups in total. The smallest absolute Gasteiger partial charge is 0.255 e. The molecule has 7 nitrogen and oxygen atoms in total. The molecule has 0 aliphatic carbocycles. The summed E-state index contributed by atoms with van der Waals surface area (Å²) in [4.78, 5) is 46.5. The van der Waals surface area contributed by atoms with Crippen LogP contribution in [0.25, 0.3) is 0 Å². The molecule has 2 fully saturated rings. The summed E-state index contributed by atoms with van der Waals surface area (Å²) in [6.07, 6.45) is 2.16. The van der Waals surface area contributed by atoms with Crippen molar-refractivity contribution in [2.24, 2.45) is 0 Å². The van der Waals surface area contributed by atoms with E-state index in [9.17, 15) is 14.4 Å². The van der Waals surface area contributed by atoms with Crippen molar-refractivity contribution in [3.05, 3.63) is 29.8 Å². The van der Waals surface area contributed by atoms with Crippen LogP contribution in [0.1, 0.15) is 37.0 Å². The maximum atomic E-state index is 13.2. The lowest BCUT2D eigenvalue weighted by Crippen LogP contribution is -2.51. The number of rotatable bonds is 8. The van der Waals surface area contributed by atoms with E-state index in [1.54, 1.807) is 0 Å². The van der Waals surface area contributed by atoms with Crippen molar-refractivity contribution in [1.29, 1.82) is 0 Å². The van der Waals surface area contributed by atoms with Crippen molar-refractivity contribution < 1.29 is 14.4 Å². The molecule has 8 heteroatoms. The second-order valence-corrected chi connectivity index (χ2v) is 9.02. The predicted molar refractivity (Wildman–Crippen MR) is 123 cm³/mol. The van der Waals surface area contributed by atoms with Gasteiger partial charge in [0.05, 0.1) is 17.9 Å².